The molecule has 3 radical (unpaired) electrons. The molecule has 5 aliphatic heterocycles. The van der Waals surface area contributed by atoms with Crippen LogP contribution in [0.1, 0.15) is 169 Å². The van der Waals surface area contributed by atoms with Crippen LogP contribution in [0.3, 0.4) is 0 Å². The Bertz CT molecular complexity index is 7170. The summed E-state index contributed by atoms with van der Waals surface area (Å²) in [4.78, 5) is 94.3. The van der Waals surface area contributed by atoms with Crippen LogP contribution in [-0.2, 0) is 96.8 Å². The molecule has 0 fully saturated rings. The van der Waals surface area contributed by atoms with Crippen LogP contribution in [0.5, 0.6) is 0 Å². The molecule has 11 N–H and O–H groups in total. The number of thiophene rings is 5. The van der Waals surface area contributed by atoms with Crippen molar-refractivity contribution in [1.82, 2.24) is 62.7 Å². The second kappa shape index (κ2) is 46.2. The summed E-state index contributed by atoms with van der Waals surface area (Å²) in [5.41, 5.74) is 6.21. The quantitative estimate of drug-likeness (QED) is 0.0202. The molecule has 5 atom stereocenters. The van der Waals surface area contributed by atoms with Crippen LogP contribution >= 0.6 is 131 Å². The molecule has 5 aliphatic rings. The minimum Gasteiger partial charge on any atom is -0.444 e. The van der Waals surface area contributed by atoms with Gasteiger partial charge < -0.3 is 40.4 Å². The number of imidazole rings is 2. The summed E-state index contributed by atoms with van der Waals surface area (Å²) in [6.07, 6.45) is 0.271. The molecule has 791 valence electrons. The lowest BCUT2D eigenvalue weighted by atomic mass is 10.0. The zero-order chi connectivity index (χ0) is 106. The van der Waals surface area contributed by atoms with E-state index >= 15 is 0 Å². The largest absolute Gasteiger partial charge is 0.444 e. The summed E-state index contributed by atoms with van der Waals surface area (Å²) in [6, 6.07) is 27.8. The van der Waals surface area contributed by atoms with Crippen molar-refractivity contribution in [3.8, 4) is 43.9 Å². The number of hydrogen-bond acceptors (Lipinski definition) is 32. The molecule has 2 aromatic carbocycles. The monoisotopic (exact) mass is 2350 g/mol. The number of nitrogens with zero attached hydrogens (tertiary/aromatic N) is 13. The predicted molar refractivity (Wildman–Crippen MR) is 587 cm³/mol. The molecule has 7 aromatic heterocycles. The number of aromatic amines is 2. The van der Waals surface area contributed by atoms with E-state index in [0.717, 1.165) is 80.3 Å². The zero-order valence-electron chi connectivity index (χ0n) is 80.6. The molecule has 12 heterocycles. The number of sulfonamides is 5. The lowest BCUT2D eigenvalue weighted by Gasteiger charge is -2.35. The number of carbonyl (C=O) groups excluding carboxylic acids is 4. The highest BCUT2D eigenvalue weighted by molar-refractivity contribution is 9.11. The number of H-pyrrole nitrogens is 2. The highest BCUT2D eigenvalue weighted by atomic mass is 79.9. The number of benzene rings is 2. The summed E-state index contributed by atoms with van der Waals surface area (Å²) in [6.45, 7) is 35.8. The Kier molecular flexibility index (Phi) is 39.5. The standard InChI is InChI=1S/C23H26ClN5O4S2.C18H18ClN5O2S2.C15H22ClN5O4S2.C15H19ClN4O4S2.C14H19BrClN3O4S2.3CH4.B/c1-22(2,3)33-21(30)27-20-28-23(4,13-35(31,32)29(20)5)18-15(24)11-17(34-18)19-25-12-16(26-19)14-9-7-6-8-10-14;1-18(10-28(25,26)24(2)17(20)23-18)15-12(19)8-14(27-15)16-21-9-13(22-16)11-6-4-3-5-7-11;1-14(2,3)25-13(22)19-12-20-15(4,7-27(23,24)21(12)5)10-8(16)6-9(26-10)11(17)18;1-14(2,3)24-13(21)18-12-19-15(4,8-26(22,23)20(12)6)11-9(16)7-10(17-5)25-11;1-13(2,3)23-12(20)17-11-18-14(4,7-25(21,22)19(11)5)10-8(16)6-9(15)24-10;;;;/h6-12H,13H2,1-5H3,(H,25,26)(H,27,28,30);3-9H,10H2,1-2H3,(H2,20,23)(H,21,22);6H,7H2,1-5H3,(H3,17,18)(H,19,20,22);7H,8H2,1-4,6H3,(H,18,19,21);6H,7H2,1-5H3,(H,17,18,20);3*1H4;/t23-;18-;2*15-;14-;;;;/m00000..../s1. The number of amides is 4. The Morgan fingerprint density at radius 2 is 0.697 bits per heavy atom. The van der Waals surface area contributed by atoms with E-state index in [1.165, 1.54) is 81.4 Å². The minimum absolute atomic E-state index is 0. The highest BCUT2D eigenvalue weighted by Gasteiger charge is 2.50. The molecule has 0 saturated heterocycles. The van der Waals surface area contributed by atoms with E-state index in [9.17, 15) is 61.3 Å². The maximum atomic E-state index is 13.0. The number of rotatable bonds is 10. The molecular weight excluding hydrogens is 2240 g/mol. The van der Waals surface area contributed by atoms with E-state index in [1.54, 1.807) is 148 Å². The summed E-state index contributed by atoms with van der Waals surface area (Å²) in [5.74, 6) is -1.02. The van der Waals surface area contributed by atoms with Crippen molar-refractivity contribution in [3.63, 3.8) is 0 Å². The first kappa shape index (κ1) is 124. The Hall–Kier alpha value is -9.71. The van der Waals surface area contributed by atoms with Crippen molar-refractivity contribution in [2.24, 2.45) is 36.4 Å². The zero-order valence-corrected chi connectivity index (χ0v) is 94.1. The molecule has 0 spiro atoms. The van der Waals surface area contributed by atoms with Gasteiger partial charge in [0.25, 0.3) is 0 Å². The molecule has 0 saturated carbocycles. The van der Waals surface area contributed by atoms with E-state index < -0.39 is 125 Å². The van der Waals surface area contributed by atoms with Crippen LogP contribution in [0, 0.1) is 12.0 Å². The van der Waals surface area contributed by atoms with Crippen LogP contribution in [-0.4, -0.2) is 238 Å². The van der Waals surface area contributed by atoms with Gasteiger partial charge in [0.2, 0.25) is 84.9 Å². The highest BCUT2D eigenvalue weighted by Crippen LogP contribution is 2.50. The van der Waals surface area contributed by atoms with Gasteiger partial charge in [-0.2, -0.15) is 11.3 Å². The van der Waals surface area contributed by atoms with E-state index in [-0.39, 0.29) is 105 Å². The fourth-order valence-electron chi connectivity index (χ4n) is 13.7. The maximum absolute atomic E-state index is 13.0. The van der Waals surface area contributed by atoms with Crippen LogP contribution in [0.25, 0.3) is 48.8 Å². The van der Waals surface area contributed by atoms with Gasteiger partial charge in [-0.05, 0) is 175 Å². The predicted octanol–water partition coefficient (Wildman–Crippen LogP) is 18.5. The Balaban J connectivity index is 0.000000277. The van der Waals surface area contributed by atoms with Crippen molar-refractivity contribution >= 4 is 254 Å². The molecule has 40 nitrogen and oxygen atoms in total. The molecular formula is C88H116BBrCl5N22O18S10. The number of aromatic nitrogens is 4. The van der Waals surface area contributed by atoms with Crippen molar-refractivity contribution < 1.29 is 80.2 Å². The number of aliphatic imine (C=N–C) groups is 5. The molecule has 14 rings (SSSR count). The fourth-order valence-corrected chi connectivity index (χ4v) is 29.7. The van der Waals surface area contributed by atoms with Gasteiger partial charge in [-0.25, -0.2) is 123 Å². The van der Waals surface area contributed by atoms with Gasteiger partial charge in [-0.3, -0.25) is 26.7 Å². The van der Waals surface area contributed by atoms with Crippen molar-refractivity contribution in [2.45, 2.75) is 190 Å². The van der Waals surface area contributed by atoms with Gasteiger partial charge in [0, 0.05) is 53.6 Å². The molecule has 0 unspecified atom stereocenters. The molecule has 0 bridgehead atoms. The number of carbonyl (C=O) groups is 4. The van der Waals surface area contributed by atoms with Crippen molar-refractivity contribution in [3.05, 3.63) is 173 Å². The number of nitrogens with two attached hydrogens (primary N) is 2. The molecule has 4 amide bonds. The summed E-state index contributed by atoms with van der Waals surface area (Å²) >= 11 is 41.2. The van der Waals surface area contributed by atoms with E-state index in [0.29, 0.717) is 61.0 Å². The second-order valence-corrected chi connectivity index (χ2v) is 55.8. The topological polar surface area (TPSA) is 540 Å². The summed E-state index contributed by atoms with van der Waals surface area (Å²) in [7, 11) is -12.0. The van der Waals surface area contributed by atoms with Crippen molar-refractivity contribution in [2.75, 3.05) is 64.0 Å². The smallest absolute Gasteiger partial charge is 0.414 e. The van der Waals surface area contributed by atoms with Gasteiger partial charge in [0.15, 0.2) is 0 Å². The third-order valence-corrected chi connectivity index (χ3v) is 39.3. The lowest BCUT2D eigenvalue weighted by Crippen LogP contribution is -2.53. The SMILES string of the molecule is C.C.C.CN1C(N)=N[C@](C)(c2sc(-c3ncc(-c4ccccc4)[nH]3)cc2Cl)CS1(=O)=O.CN1C(NC(=O)OC(C)(C)C)=N[C@](C)(c2sc(-c3ncc(-c4ccccc4)[nH]3)cc2Cl)CS1(=O)=O.CN1C(NC(=O)OC(C)(C)C)=N[C@](C)(c2sc(Br)cc2Cl)CS1(=O)=O.CN1C(NC(=O)OC(C)(C)C)=N[C@](C)(c2sc(C(=N)N)cc2Cl)CS1(=O)=O.[B].[C-]#[N+]c1cc(Cl)c([C@]2(C)CS(=O)(=O)N(C)C(NC(=O)OC(C)(C)C)=N2)s1. The van der Waals surface area contributed by atoms with Gasteiger partial charge in [-0.1, -0.05) is 141 Å². The van der Waals surface area contributed by atoms with E-state index in [2.05, 4.69) is 86.9 Å². The van der Waals surface area contributed by atoms with Crippen LogP contribution in [0.2, 0.25) is 25.1 Å². The van der Waals surface area contributed by atoms with Crippen LogP contribution in [0.4, 0.5) is 24.2 Å². The van der Waals surface area contributed by atoms with E-state index in [4.69, 9.17) is 100 Å². The third-order valence-electron chi connectivity index (χ3n) is 20.1. The molecule has 0 aliphatic carbocycles. The lowest BCUT2D eigenvalue weighted by molar-refractivity contribution is 0.0546. The first-order valence-corrected chi connectivity index (χ1v) is 56.6. The van der Waals surface area contributed by atoms with Gasteiger partial charge >= 0.3 is 24.4 Å². The summed E-state index contributed by atoms with van der Waals surface area (Å²) in [5, 5.41) is 19.3. The van der Waals surface area contributed by atoms with Crippen molar-refractivity contribution in [1.29, 1.82) is 5.41 Å². The minimum atomic E-state index is -3.80. The molecule has 9 aromatic rings. The second-order valence-electron chi connectivity index (χ2n) is 37.1. The first-order valence-electron chi connectivity index (χ1n) is 41.8. The van der Waals surface area contributed by atoms with Gasteiger partial charge in [0.05, 0.1) is 117 Å². The van der Waals surface area contributed by atoms with E-state index in [1.807, 2.05) is 60.7 Å². The number of nitrogens with one attached hydrogen (secondary N) is 7. The number of nitrogen functional groups attached to an aromatic ring is 1. The normalized spacial score (nSPS) is 21.1. The average molecular weight is 2360 g/mol. The number of guanidine groups is 5. The summed E-state index contributed by atoms with van der Waals surface area (Å²) < 4.78 is 153. The third kappa shape index (κ3) is 30.6. The number of amidine groups is 1. The fraction of sp³-hybridized carbons (Fsp3) is 0.443. The Morgan fingerprint density at radius 1 is 0.434 bits per heavy atom. The Morgan fingerprint density at radius 3 is 0.959 bits per heavy atom. The maximum Gasteiger partial charge on any atom is 0.414 e. The Labute approximate surface area is 901 Å². The number of alkyl carbamates (subject to hydrolysis) is 4. The van der Waals surface area contributed by atoms with Crippen LogP contribution < -0.4 is 32.7 Å². The number of hydrogen-bond donors (Lipinski definition) is 9. The van der Waals surface area contributed by atoms with Crippen LogP contribution in [0.15, 0.2) is 132 Å². The number of halogens is 6. The molecule has 145 heavy (non-hydrogen) atoms. The van der Waals surface area contributed by atoms with Gasteiger partial charge in [0.1, 0.15) is 67.6 Å². The average Bonchev–Trinajstić information content (AvgIpc) is 1.09. The first-order chi connectivity index (χ1) is 64.6. The molecule has 57 heteroatoms. The number of ether oxygens (including phenoxy) is 4. The van der Waals surface area contributed by atoms with Gasteiger partial charge in [-0.15, -0.1) is 45.3 Å².